The number of furan rings is 1. The first kappa shape index (κ1) is 17.2. The molecule has 2 amide bonds. The number of aromatic nitrogens is 1. The van der Waals surface area contributed by atoms with Crippen molar-refractivity contribution >= 4 is 11.8 Å². The van der Waals surface area contributed by atoms with E-state index < -0.39 is 0 Å². The predicted octanol–water partition coefficient (Wildman–Crippen LogP) is 1.38. The molecule has 0 bridgehead atoms. The lowest BCUT2D eigenvalue weighted by Gasteiger charge is -2.34. The molecule has 3 rings (SSSR count). The van der Waals surface area contributed by atoms with Crippen LogP contribution in [0.5, 0.6) is 0 Å². The van der Waals surface area contributed by atoms with E-state index >= 15 is 0 Å². The van der Waals surface area contributed by atoms with Gasteiger partial charge in [-0.05, 0) is 30.8 Å². The summed E-state index contributed by atoms with van der Waals surface area (Å²) < 4.78 is 5.18. The third-order valence-corrected chi connectivity index (χ3v) is 4.35. The summed E-state index contributed by atoms with van der Waals surface area (Å²) in [6.07, 6.45) is 3.05. The Morgan fingerprint density at radius 2 is 2.04 bits per heavy atom. The largest absolute Gasteiger partial charge is 0.467 e. The lowest BCUT2D eigenvalue weighted by atomic mass is 10.1. The Bertz CT molecular complexity index is 722. The van der Waals surface area contributed by atoms with Crippen molar-refractivity contribution in [3.8, 4) is 0 Å². The third kappa shape index (κ3) is 4.24. The smallest absolute Gasteiger partial charge is 0.270 e. The molecular weight excluding hydrogens is 320 g/mol. The third-order valence-electron chi connectivity index (χ3n) is 4.35. The fourth-order valence-electron chi connectivity index (χ4n) is 2.81. The highest BCUT2D eigenvalue weighted by Gasteiger charge is 2.22. The predicted molar refractivity (Wildman–Crippen MR) is 92.1 cm³/mol. The van der Waals surface area contributed by atoms with E-state index in [1.54, 1.807) is 30.5 Å². The minimum absolute atomic E-state index is 0.0572. The van der Waals surface area contributed by atoms with Crippen LogP contribution in [0.3, 0.4) is 0 Å². The van der Waals surface area contributed by atoms with Crippen molar-refractivity contribution in [2.45, 2.75) is 13.5 Å². The van der Waals surface area contributed by atoms with Gasteiger partial charge in [-0.2, -0.15) is 0 Å². The second kappa shape index (κ2) is 7.94. The minimum atomic E-state index is -0.332. The molecule has 0 spiro atoms. The van der Waals surface area contributed by atoms with E-state index in [9.17, 15) is 9.59 Å². The summed E-state index contributed by atoms with van der Waals surface area (Å²) in [5, 5.41) is 2.73. The molecule has 0 radical (unpaired) electrons. The summed E-state index contributed by atoms with van der Waals surface area (Å²) in [4.78, 5) is 33.1. The Hall–Kier alpha value is -2.67. The van der Waals surface area contributed by atoms with Crippen molar-refractivity contribution in [3.63, 3.8) is 0 Å². The van der Waals surface area contributed by atoms with E-state index in [0.717, 1.165) is 19.6 Å². The zero-order valence-electron chi connectivity index (χ0n) is 14.3. The number of hydrogen-bond donors (Lipinski definition) is 1. The molecule has 1 N–H and O–H groups in total. The van der Waals surface area contributed by atoms with Crippen molar-refractivity contribution in [1.29, 1.82) is 0 Å². The molecule has 132 valence electrons. The Morgan fingerprint density at radius 1 is 1.24 bits per heavy atom. The Labute approximate surface area is 146 Å². The van der Waals surface area contributed by atoms with Crippen molar-refractivity contribution in [2.75, 3.05) is 32.7 Å². The molecule has 0 aliphatic carbocycles. The Morgan fingerprint density at radius 3 is 2.72 bits per heavy atom. The molecule has 7 nitrogen and oxygen atoms in total. The zero-order chi connectivity index (χ0) is 17.6. The summed E-state index contributed by atoms with van der Waals surface area (Å²) >= 11 is 0. The van der Waals surface area contributed by atoms with Gasteiger partial charge in [-0.25, -0.2) is 0 Å². The second-order valence-electron chi connectivity index (χ2n) is 5.92. The van der Waals surface area contributed by atoms with Gasteiger partial charge in [0.1, 0.15) is 11.5 Å². The number of nitrogens with zero attached hydrogens (tertiary/aromatic N) is 3. The second-order valence-corrected chi connectivity index (χ2v) is 5.92. The van der Waals surface area contributed by atoms with Crippen LogP contribution in [-0.2, 0) is 6.54 Å². The van der Waals surface area contributed by atoms with E-state index in [4.69, 9.17) is 4.42 Å². The summed E-state index contributed by atoms with van der Waals surface area (Å²) in [7, 11) is 0. The topological polar surface area (TPSA) is 78.7 Å². The van der Waals surface area contributed by atoms with Crippen molar-refractivity contribution in [2.24, 2.45) is 0 Å². The number of amides is 2. The van der Waals surface area contributed by atoms with Crippen LogP contribution in [0.25, 0.3) is 0 Å². The first-order valence-electron chi connectivity index (χ1n) is 8.45. The molecule has 0 atom stereocenters. The van der Waals surface area contributed by atoms with Gasteiger partial charge in [-0.3, -0.25) is 14.6 Å². The van der Waals surface area contributed by atoms with E-state index in [1.165, 1.54) is 6.20 Å². The van der Waals surface area contributed by atoms with Crippen LogP contribution in [0, 0.1) is 0 Å². The monoisotopic (exact) mass is 342 g/mol. The fraction of sp³-hybridized carbons (Fsp3) is 0.389. The highest BCUT2D eigenvalue weighted by molar-refractivity contribution is 5.98. The van der Waals surface area contributed by atoms with Gasteiger partial charge in [0.25, 0.3) is 11.8 Å². The number of rotatable bonds is 5. The Kier molecular flexibility index (Phi) is 5.45. The molecule has 0 unspecified atom stereocenters. The summed E-state index contributed by atoms with van der Waals surface area (Å²) in [6, 6.07) is 6.74. The number of piperazine rings is 1. The lowest BCUT2D eigenvalue weighted by molar-refractivity contribution is 0.0643. The highest BCUT2D eigenvalue weighted by Crippen LogP contribution is 2.10. The maximum absolute atomic E-state index is 12.6. The van der Waals surface area contributed by atoms with Crippen LogP contribution < -0.4 is 5.32 Å². The van der Waals surface area contributed by atoms with Crippen molar-refractivity contribution < 1.29 is 14.0 Å². The number of hydrogen-bond acceptors (Lipinski definition) is 5. The molecule has 25 heavy (non-hydrogen) atoms. The molecule has 2 aromatic rings. The number of carbonyl (C=O) groups is 2. The van der Waals surface area contributed by atoms with Gasteiger partial charge in [0.15, 0.2) is 0 Å². The molecule has 0 saturated carbocycles. The van der Waals surface area contributed by atoms with Crippen LogP contribution in [0.4, 0.5) is 0 Å². The lowest BCUT2D eigenvalue weighted by Crippen LogP contribution is -2.48. The van der Waals surface area contributed by atoms with E-state index in [-0.39, 0.29) is 24.1 Å². The van der Waals surface area contributed by atoms with Crippen LogP contribution in [0.1, 0.15) is 33.5 Å². The molecule has 1 aliphatic heterocycles. The quantitative estimate of drug-likeness (QED) is 0.888. The molecular formula is C18H22N4O3. The average Bonchev–Trinajstić information content (AvgIpc) is 3.19. The number of likely N-dealkylation sites (N-methyl/N-ethyl adjacent to an activating group) is 1. The molecule has 1 saturated heterocycles. The van der Waals surface area contributed by atoms with E-state index in [1.807, 2.05) is 4.90 Å². The van der Waals surface area contributed by atoms with Gasteiger partial charge < -0.3 is 19.5 Å². The maximum atomic E-state index is 12.6. The zero-order valence-corrected chi connectivity index (χ0v) is 14.3. The standard InChI is InChI=1S/C18H22N4O3/c1-2-21-7-9-22(10-8-21)18(24)14-5-6-19-16(12-14)17(23)20-13-15-4-3-11-25-15/h3-6,11-12H,2,7-10,13H2,1H3,(H,20,23). The Balaban J connectivity index is 1.62. The van der Waals surface area contributed by atoms with E-state index in [2.05, 4.69) is 22.1 Å². The summed E-state index contributed by atoms with van der Waals surface area (Å²) in [5.41, 5.74) is 0.715. The van der Waals surface area contributed by atoms with Gasteiger partial charge in [0.05, 0.1) is 12.8 Å². The maximum Gasteiger partial charge on any atom is 0.270 e. The van der Waals surface area contributed by atoms with Crippen LogP contribution in [-0.4, -0.2) is 59.3 Å². The molecule has 2 aromatic heterocycles. The van der Waals surface area contributed by atoms with Gasteiger partial charge in [0, 0.05) is 37.9 Å². The van der Waals surface area contributed by atoms with Gasteiger partial charge in [0.2, 0.25) is 0 Å². The molecule has 1 aliphatic rings. The molecule has 7 heteroatoms. The van der Waals surface area contributed by atoms with Gasteiger partial charge >= 0.3 is 0 Å². The van der Waals surface area contributed by atoms with Gasteiger partial charge in [-0.1, -0.05) is 6.92 Å². The number of pyridine rings is 1. The van der Waals surface area contributed by atoms with Crippen LogP contribution >= 0.6 is 0 Å². The average molecular weight is 342 g/mol. The van der Waals surface area contributed by atoms with Crippen molar-refractivity contribution in [3.05, 3.63) is 53.7 Å². The van der Waals surface area contributed by atoms with Crippen molar-refractivity contribution in [1.82, 2.24) is 20.1 Å². The van der Waals surface area contributed by atoms with Gasteiger partial charge in [-0.15, -0.1) is 0 Å². The van der Waals surface area contributed by atoms with Crippen LogP contribution in [0.15, 0.2) is 41.1 Å². The van der Waals surface area contributed by atoms with E-state index in [0.29, 0.717) is 24.4 Å². The number of carbonyl (C=O) groups excluding carboxylic acids is 2. The number of nitrogens with one attached hydrogen (secondary N) is 1. The fourth-order valence-corrected chi connectivity index (χ4v) is 2.81. The first-order valence-corrected chi connectivity index (χ1v) is 8.45. The summed E-state index contributed by atoms with van der Waals surface area (Å²) in [5.74, 6) is 0.273. The molecule has 3 heterocycles. The van der Waals surface area contributed by atoms with Crippen LogP contribution in [0.2, 0.25) is 0 Å². The highest BCUT2D eigenvalue weighted by atomic mass is 16.3. The molecule has 0 aromatic carbocycles. The minimum Gasteiger partial charge on any atom is -0.467 e. The molecule has 1 fully saturated rings. The SMILES string of the molecule is CCN1CCN(C(=O)c2ccnc(C(=O)NCc3ccco3)c2)CC1. The normalized spacial score (nSPS) is 15.2. The summed E-state index contributed by atoms with van der Waals surface area (Å²) in [6.45, 7) is 6.56. The first-order chi connectivity index (χ1) is 12.2.